The first-order valence-electron chi connectivity index (χ1n) is 4.61. The molecular weight excluding hydrogens is 204 g/mol. The number of aliphatic hydroxyl groups excluding tert-OH is 1. The lowest BCUT2D eigenvalue weighted by molar-refractivity contribution is 0.461. The Morgan fingerprint density at radius 2 is 2.19 bits per heavy atom. The Labute approximate surface area is 92.1 Å². The highest BCUT2D eigenvalue weighted by molar-refractivity contribution is 5.91. The van der Waals surface area contributed by atoms with Crippen LogP contribution in [-0.4, -0.2) is 10.1 Å². The van der Waals surface area contributed by atoms with Crippen molar-refractivity contribution in [2.45, 2.75) is 0 Å². The maximum Gasteiger partial charge on any atom is 0.178 e. The van der Waals surface area contributed by atoms with Gasteiger partial charge in [0.2, 0.25) is 0 Å². The maximum atomic E-state index is 9.85. The van der Waals surface area contributed by atoms with E-state index in [9.17, 15) is 5.11 Å². The number of nitrogens with zero attached hydrogens (tertiary/aromatic N) is 2. The van der Waals surface area contributed by atoms with Crippen LogP contribution in [0.25, 0.3) is 11.3 Å². The number of pyridine rings is 1. The Morgan fingerprint density at radius 3 is 2.75 bits per heavy atom. The lowest BCUT2D eigenvalue weighted by atomic mass is 10.1. The van der Waals surface area contributed by atoms with Crippen LogP contribution in [0.1, 0.15) is 11.5 Å². The number of aliphatic hydroxyl groups is 1. The molecule has 0 amide bonds. The molecule has 0 spiro atoms. The van der Waals surface area contributed by atoms with Crippen LogP contribution in [0.3, 0.4) is 0 Å². The zero-order valence-electron chi connectivity index (χ0n) is 8.29. The summed E-state index contributed by atoms with van der Waals surface area (Å²) in [4.78, 5) is 4.00. The van der Waals surface area contributed by atoms with E-state index in [4.69, 9.17) is 9.68 Å². The van der Waals surface area contributed by atoms with Crippen molar-refractivity contribution in [3.8, 4) is 6.07 Å². The predicted molar refractivity (Wildman–Crippen MR) is 58.0 cm³/mol. The fourth-order valence-corrected chi connectivity index (χ4v) is 1.28. The molecule has 0 atom stereocenters. The van der Waals surface area contributed by atoms with Gasteiger partial charge in [0.05, 0.1) is 12.0 Å². The Balaban J connectivity index is 2.52. The number of nitriles is 1. The Hall–Kier alpha value is -2.54. The zero-order valence-corrected chi connectivity index (χ0v) is 8.29. The fourth-order valence-electron chi connectivity index (χ4n) is 1.28. The van der Waals surface area contributed by atoms with Crippen molar-refractivity contribution in [2.24, 2.45) is 0 Å². The molecule has 78 valence electrons. The van der Waals surface area contributed by atoms with Crippen molar-refractivity contribution >= 4 is 11.3 Å². The van der Waals surface area contributed by atoms with Crippen molar-refractivity contribution in [3.63, 3.8) is 0 Å². The molecule has 2 heterocycles. The smallest absolute Gasteiger partial charge is 0.178 e. The van der Waals surface area contributed by atoms with Crippen molar-refractivity contribution in [1.82, 2.24) is 4.98 Å². The Kier molecular flexibility index (Phi) is 2.70. The predicted octanol–water partition coefficient (Wildman–Crippen LogP) is 2.62. The van der Waals surface area contributed by atoms with Gasteiger partial charge in [-0.15, -0.1) is 0 Å². The summed E-state index contributed by atoms with van der Waals surface area (Å²) < 4.78 is 5.01. The molecule has 0 aliphatic rings. The molecule has 0 saturated heterocycles. The molecule has 0 saturated carbocycles. The molecule has 16 heavy (non-hydrogen) atoms. The van der Waals surface area contributed by atoms with Crippen LogP contribution in [0.15, 0.2) is 47.2 Å². The van der Waals surface area contributed by atoms with Crippen LogP contribution in [0, 0.1) is 11.3 Å². The van der Waals surface area contributed by atoms with E-state index in [1.165, 1.54) is 6.26 Å². The van der Waals surface area contributed by atoms with Gasteiger partial charge in [-0.1, -0.05) is 6.07 Å². The third-order valence-corrected chi connectivity index (χ3v) is 2.02. The quantitative estimate of drug-likeness (QED) is 0.613. The van der Waals surface area contributed by atoms with E-state index < -0.39 is 0 Å². The van der Waals surface area contributed by atoms with E-state index in [0.29, 0.717) is 5.69 Å². The number of hydrogen-bond acceptors (Lipinski definition) is 4. The van der Waals surface area contributed by atoms with Crippen molar-refractivity contribution < 1.29 is 9.52 Å². The third-order valence-electron chi connectivity index (χ3n) is 2.02. The van der Waals surface area contributed by atoms with Gasteiger partial charge in [-0.3, -0.25) is 4.98 Å². The zero-order chi connectivity index (χ0) is 11.4. The SMILES string of the molecule is N#CC(=C(O)c1ccco1)c1ccccn1. The van der Waals surface area contributed by atoms with Crippen LogP contribution in [0.2, 0.25) is 0 Å². The lowest BCUT2D eigenvalue weighted by Gasteiger charge is -2.00. The molecule has 4 nitrogen and oxygen atoms in total. The van der Waals surface area contributed by atoms with Crippen LogP contribution < -0.4 is 0 Å². The summed E-state index contributed by atoms with van der Waals surface area (Å²) >= 11 is 0. The minimum Gasteiger partial charge on any atom is -0.503 e. The molecule has 2 rings (SSSR count). The topological polar surface area (TPSA) is 70.0 Å². The molecule has 0 aliphatic heterocycles. The summed E-state index contributed by atoms with van der Waals surface area (Å²) in [6.07, 6.45) is 2.99. The summed E-state index contributed by atoms with van der Waals surface area (Å²) in [6, 6.07) is 10.3. The van der Waals surface area contributed by atoms with E-state index in [2.05, 4.69) is 4.98 Å². The second kappa shape index (κ2) is 4.32. The molecule has 4 heteroatoms. The van der Waals surface area contributed by atoms with Gasteiger partial charge in [-0.25, -0.2) is 0 Å². The maximum absolute atomic E-state index is 9.85. The fraction of sp³-hybridized carbons (Fsp3) is 0. The van der Waals surface area contributed by atoms with Gasteiger partial charge in [0.15, 0.2) is 11.5 Å². The van der Waals surface area contributed by atoms with Crippen molar-refractivity contribution in [1.29, 1.82) is 5.26 Å². The number of allylic oxidation sites excluding steroid dienone is 1. The Bertz CT molecular complexity index is 536. The van der Waals surface area contributed by atoms with E-state index >= 15 is 0 Å². The van der Waals surface area contributed by atoms with Crippen LogP contribution >= 0.6 is 0 Å². The number of hydrogen-bond donors (Lipinski definition) is 1. The summed E-state index contributed by atoms with van der Waals surface area (Å²) in [5, 5.41) is 18.8. The van der Waals surface area contributed by atoms with E-state index in [1.807, 2.05) is 6.07 Å². The molecule has 0 radical (unpaired) electrons. The molecular formula is C12H8N2O2. The van der Waals surface area contributed by atoms with Gasteiger partial charge in [0, 0.05) is 6.20 Å². The van der Waals surface area contributed by atoms with E-state index in [0.717, 1.165) is 0 Å². The molecule has 1 N–H and O–H groups in total. The highest BCUT2D eigenvalue weighted by Gasteiger charge is 2.12. The number of rotatable bonds is 2. The number of aromatic nitrogens is 1. The summed E-state index contributed by atoms with van der Waals surface area (Å²) in [5.41, 5.74) is 0.509. The van der Waals surface area contributed by atoms with Crippen LogP contribution in [-0.2, 0) is 0 Å². The highest BCUT2D eigenvalue weighted by atomic mass is 16.4. The molecule has 2 aromatic heterocycles. The lowest BCUT2D eigenvalue weighted by Crippen LogP contribution is -1.91. The second-order valence-corrected chi connectivity index (χ2v) is 3.03. The third kappa shape index (κ3) is 1.79. The van der Waals surface area contributed by atoms with Crippen LogP contribution in [0.4, 0.5) is 0 Å². The molecule has 2 aromatic rings. The summed E-state index contributed by atoms with van der Waals surface area (Å²) in [7, 11) is 0. The van der Waals surface area contributed by atoms with Gasteiger partial charge >= 0.3 is 0 Å². The standard InChI is InChI=1S/C12H8N2O2/c13-8-9(10-4-1-2-6-14-10)12(15)11-5-3-7-16-11/h1-7,15H. The minimum atomic E-state index is -0.203. The first kappa shape index (κ1) is 9.99. The first-order chi connectivity index (χ1) is 7.83. The largest absolute Gasteiger partial charge is 0.503 e. The molecule has 0 aliphatic carbocycles. The average Bonchev–Trinajstić information content (AvgIpc) is 2.85. The van der Waals surface area contributed by atoms with Gasteiger partial charge < -0.3 is 9.52 Å². The highest BCUT2D eigenvalue weighted by Crippen LogP contribution is 2.22. The van der Waals surface area contributed by atoms with Gasteiger partial charge in [0.1, 0.15) is 11.6 Å². The normalized spacial score (nSPS) is 11.7. The Morgan fingerprint density at radius 1 is 1.31 bits per heavy atom. The summed E-state index contributed by atoms with van der Waals surface area (Å²) in [6.45, 7) is 0. The van der Waals surface area contributed by atoms with E-state index in [1.54, 1.807) is 36.5 Å². The van der Waals surface area contributed by atoms with Gasteiger partial charge in [-0.05, 0) is 24.3 Å². The number of furan rings is 1. The van der Waals surface area contributed by atoms with Crippen molar-refractivity contribution in [2.75, 3.05) is 0 Å². The molecule has 0 fully saturated rings. The molecule has 0 bridgehead atoms. The summed E-state index contributed by atoms with van der Waals surface area (Å²) in [5.74, 6) is 0.0494. The monoisotopic (exact) mass is 212 g/mol. The van der Waals surface area contributed by atoms with Gasteiger partial charge in [0.25, 0.3) is 0 Å². The molecule has 0 unspecified atom stereocenters. The van der Waals surface area contributed by atoms with Crippen LogP contribution in [0.5, 0.6) is 0 Å². The van der Waals surface area contributed by atoms with Crippen molar-refractivity contribution in [3.05, 3.63) is 54.2 Å². The first-order valence-corrected chi connectivity index (χ1v) is 4.61. The van der Waals surface area contributed by atoms with Gasteiger partial charge in [-0.2, -0.15) is 5.26 Å². The second-order valence-electron chi connectivity index (χ2n) is 3.03. The minimum absolute atomic E-state index is 0.0931. The van der Waals surface area contributed by atoms with E-state index in [-0.39, 0.29) is 17.1 Å². The molecule has 0 aromatic carbocycles. The average molecular weight is 212 g/mol.